The highest BCUT2D eigenvalue weighted by Crippen LogP contribution is 2.26. The Balaban J connectivity index is 1.35. The Hall–Kier alpha value is -2.85. The number of sulfonamides is 1. The molecule has 2 heterocycles. The van der Waals surface area contributed by atoms with Gasteiger partial charge in [0.25, 0.3) is 15.2 Å². The summed E-state index contributed by atoms with van der Waals surface area (Å²) in [5, 5.41) is 8.39. The minimum absolute atomic E-state index is 0.0804. The third-order valence-electron chi connectivity index (χ3n) is 5.58. The third kappa shape index (κ3) is 5.94. The summed E-state index contributed by atoms with van der Waals surface area (Å²) in [6.45, 7) is 5.71. The van der Waals surface area contributed by atoms with E-state index >= 15 is 0 Å². The molecule has 0 saturated carbocycles. The molecule has 1 fully saturated rings. The Labute approximate surface area is 197 Å². The minimum atomic E-state index is -3.67. The average molecular weight is 487 g/mol. The van der Waals surface area contributed by atoms with Crippen LogP contribution in [-0.4, -0.2) is 48.3 Å². The lowest BCUT2D eigenvalue weighted by Gasteiger charge is -2.30. The molecule has 0 spiro atoms. The summed E-state index contributed by atoms with van der Waals surface area (Å²) in [6, 6.07) is 13.3. The molecule has 1 amide bonds. The van der Waals surface area contributed by atoms with Crippen molar-refractivity contribution in [1.29, 1.82) is 0 Å². The molecule has 1 aromatic heterocycles. The van der Waals surface area contributed by atoms with Gasteiger partial charge in [-0.1, -0.05) is 36.4 Å². The predicted molar refractivity (Wildman–Crippen MR) is 127 cm³/mol. The highest BCUT2D eigenvalue weighted by atomic mass is 32.2. The highest BCUT2D eigenvalue weighted by Gasteiger charge is 2.21. The first kappa shape index (κ1) is 23.3. The molecule has 1 N–H and O–H groups in total. The molecule has 10 heteroatoms. The van der Waals surface area contributed by atoms with E-state index < -0.39 is 10.0 Å². The van der Waals surface area contributed by atoms with Crippen LogP contribution in [0.4, 0.5) is 5.69 Å². The number of rotatable bonds is 7. The van der Waals surface area contributed by atoms with Gasteiger partial charge >= 0.3 is 0 Å². The maximum Gasteiger partial charge on any atom is 0.277 e. The van der Waals surface area contributed by atoms with Gasteiger partial charge in [0.2, 0.25) is 11.8 Å². The number of piperidine rings is 1. The molecule has 0 unspecified atom stereocenters. The first-order valence-corrected chi connectivity index (χ1v) is 13.2. The summed E-state index contributed by atoms with van der Waals surface area (Å²) in [5.41, 5.74) is 2.07. The van der Waals surface area contributed by atoms with Crippen LogP contribution in [0.25, 0.3) is 11.5 Å². The molecule has 0 bridgehead atoms. The summed E-state index contributed by atoms with van der Waals surface area (Å²) in [7, 11) is -3.67. The number of amides is 1. The van der Waals surface area contributed by atoms with Crippen molar-refractivity contribution in [2.75, 3.05) is 23.6 Å². The first-order chi connectivity index (χ1) is 15.8. The maximum absolute atomic E-state index is 12.5. The van der Waals surface area contributed by atoms with Crippen molar-refractivity contribution in [2.45, 2.75) is 36.8 Å². The number of thioether (sulfide) groups is 1. The van der Waals surface area contributed by atoms with Gasteiger partial charge in [0.1, 0.15) is 0 Å². The fourth-order valence-corrected chi connectivity index (χ4v) is 5.19. The van der Waals surface area contributed by atoms with Crippen molar-refractivity contribution in [1.82, 2.24) is 15.1 Å². The smallest absolute Gasteiger partial charge is 0.277 e. The molecule has 1 aliphatic heterocycles. The SMILES string of the molecule is Cc1ccc(S(=O)(=O)Nc2ccc(-c3nnc(SCC(=O)N4CCC(C)CC4)o3)cc2)cc1. The van der Waals surface area contributed by atoms with Crippen LogP contribution >= 0.6 is 11.8 Å². The van der Waals surface area contributed by atoms with E-state index in [1.165, 1.54) is 11.8 Å². The van der Waals surface area contributed by atoms with Crippen molar-refractivity contribution in [3.63, 3.8) is 0 Å². The van der Waals surface area contributed by atoms with E-state index in [2.05, 4.69) is 21.8 Å². The van der Waals surface area contributed by atoms with Crippen LogP contribution in [0.2, 0.25) is 0 Å². The van der Waals surface area contributed by atoms with Crippen LogP contribution in [-0.2, 0) is 14.8 Å². The maximum atomic E-state index is 12.5. The van der Waals surface area contributed by atoms with E-state index in [1.54, 1.807) is 48.5 Å². The van der Waals surface area contributed by atoms with E-state index in [1.807, 2.05) is 11.8 Å². The summed E-state index contributed by atoms with van der Waals surface area (Å²) < 4.78 is 33.3. The largest absolute Gasteiger partial charge is 0.411 e. The number of likely N-dealkylation sites (tertiary alicyclic amines) is 1. The van der Waals surface area contributed by atoms with Gasteiger partial charge in [0, 0.05) is 24.3 Å². The van der Waals surface area contributed by atoms with E-state index in [4.69, 9.17) is 4.42 Å². The quantitative estimate of drug-likeness (QED) is 0.499. The number of carbonyl (C=O) groups excluding carboxylic acids is 1. The molecule has 4 rings (SSSR count). The highest BCUT2D eigenvalue weighted by molar-refractivity contribution is 7.99. The molecular weight excluding hydrogens is 460 g/mol. The number of nitrogens with zero attached hydrogens (tertiary/aromatic N) is 3. The molecule has 1 aliphatic rings. The molecule has 33 heavy (non-hydrogen) atoms. The lowest BCUT2D eigenvalue weighted by Crippen LogP contribution is -2.38. The fourth-order valence-electron chi connectivity index (χ4n) is 3.47. The molecule has 174 valence electrons. The van der Waals surface area contributed by atoms with Crippen LogP contribution in [0.5, 0.6) is 0 Å². The first-order valence-electron chi connectivity index (χ1n) is 10.7. The zero-order chi connectivity index (χ0) is 23.4. The zero-order valence-electron chi connectivity index (χ0n) is 18.5. The van der Waals surface area contributed by atoms with E-state index in [-0.39, 0.29) is 16.6 Å². The number of hydrogen-bond donors (Lipinski definition) is 1. The third-order valence-corrected chi connectivity index (χ3v) is 7.78. The molecule has 0 atom stereocenters. The average Bonchev–Trinajstić information content (AvgIpc) is 3.27. The summed E-state index contributed by atoms with van der Waals surface area (Å²) in [4.78, 5) is 14.5. The van der Waals surface area contributed by atoms with Gasteiger partial charge < -0.3 is 9.32 Å². The van der Waals surface area contributed by atoms with Crippen LogP contribution in [0, 0.1) is 12.8 Å². The number of hydrogen-bond acceptors (Lipinski definition) is 7. The Morgan fingerprint density at radius 1 is 1.09 bits per heavy atom. The Morgan fingerprint density at radius 3 is 2.42 bits per heavy atom. The van der Waals surface area contributed by atoms with Gasteiger partial charge in [-0.25, -0.2) is 8.42 Å². The lowest BCUT2D eigenvalue weighted by atomic mass is 9.99. The van der Waals surface area contributed by atoms with E-state index in [9.17, 15) is 13.2 Å². The molecule has 2 aromatic carbocycles. The van der Waals surface area contributed by atoms with Gasteiger partial charge in [-0.15, -0.1) is 10.2 Å². The topological polar surface area (TPSA) is 105 Å². The fraction of sp³-hybridized carbons (Fsp3) is 0.348. The second kappa shape index (κ2) is 9.96. The van der Waals surface area contributed by atoms with Crippen molar-refractivity contribution < 1.29 is 17.6 Å². The van der Waals surface area contributed by atoms with Crippen molar-refractivity contribution >= 4 is 33.4 Å². The molecule has 1 saturated heterocycles. The van der Waals surface area contributed by atoms with Crippen molar-refractivity contribution in [3.05, 3.63) is 54.1 Å². The normalized spacial score (nSPS) is 14.9. The number of nitrogens with one attached hydrogen (secondary N) is 1. The summed E-state index contributed by atoms with van der Waals surface area (Å²) >= 11 is 1.22. The van der Waals surface area contributed by atoms with Gasteiger partial charge in [-0.2, -0.15) is 0 Å². The zero-order valence-corrected chi connectivity index (χ0v) is 20.2. The van der Waals surface area contributed by atoms with Crippen LogP contribution < -0.4 is 4.72 Å². The van der Waals surface area contributed by atoms with Crippen molar-refractivity contribution in [2.24, 2.45) is 5.92 Å². The number of anilines is 1. The van der Waals surface area contributed by atoms with Crippen LogP contribution in [0.3, 0.4) is 0 Å². The molecule has 0 aliphatic carbocycles. The number of carbonyl (C=O) groups is 1. The Kier molecular flexibility index (Phi) is 7.04. The van der Waals surface area contributed by atoms with Crippen LogP contribution in [0.1, 0.15) is 25.3 Å². The van der Waals surface area contributed by atoms with Gasteiger partial charge in [-0.3, -0.25) is 9.52 Å². The number of aryl methyl sites for hydroxylation is 1. The number of aromatic nitrogens is 2. The molecular formula is C23H26N4O4S2. The summed E-state index contributed by atoms with van der Waals surface area (Å²) in [5.74, 6) is 1.32. The summed E-state index contributed by atoms with van der Waals surface area (Å²) in [6.07, 6.45) is 2.08. The van der Waals surface area contributed by atoms with E-state index in [0.29, 0.717) is 28.3 Å². The monoisotopic (exact) mass is 486 g/mol. The van der Waals surface area contributed by atoms with Gasteiger partial charge in [0.05, 0.1) is 10.6 Å². The van der Waals surface area contributed by atoms with Gasteiger partial charge in [0.15, 0.2) is 0 Å². The molecule has 0 radical (unpaired) electrons. The Morgan fingerprint density at radius 2 is 1.76 bits per heavy atom. The second-order valence-corrected chi connectivity index (χ2v) is 10.8. The second-order valence-electron chi connectivity index (χ2n) is 8.22. The van der Waals surface area contributed by atoms with Gasteiger partial charge in [-0.05, 0) is 62.1 Å². The standard InChI is InChI=1S/C23H26N4O4S2/c1-16-3-9-20(10-4-16)33(29,30)26-19-7-5-18(6-8-19)22-24-25-23(31-22)32-15-21(28)27-13-11-17(2)12-14-27/h3-10,17,26H,11-15H2,1-2H3. The number of benzene rings is 2. The molecule has 3 aromatic rings. The minimum Gasteiger partial charge on any atom is -0.411 e. The van der Waals surface area contributed by atoms with Crippen molar-refractivity contribution in [3.8, 4) is 11.5 Å². The Bertz CT molecular complexity index is 1200. The van der Waals surface area contributed by atoms with E-state index in [0.717, 1.165) is 31.5 Å². The lowest BCUT2D eigenvalue weighted by molar-refractivity contribution is -0.129. The predicted octanol–water partition coefficient (Wildman–Crippen LogP) is 4.20. The molecule has 8 nitrogen and oxygen atoms in total. The van der Waals surface area contributed by atoms with Crippen LogP contribution in [0.15, 0.2) is 63.1 Å².